The van der Waals surface area contributed by atoms with Crippen molar-refractivity contribution in [3.05, 3.63) is 106 Å². The van der Waals surface area contributed by atoms with Crippen molar-refractivity contribution in [2.75, 3.05) is 0 Å². The van der Waals surface area contributed by atoms with Crippen molar-refractivity contribution in [3.63, 3.8) is 0 Å². The molecule has 178 valence electrons. The molecule has 0 aliphatic rings. The summed E-state index contributed by atoms with van der Waals surface area (Å²) in [4.78, 5) is 28.7. The number of benzene rings is 3. The summed E-state index contributed by atoms with van der Waals surface area (Å²) in [5, 5.41) is 3.03. The average Bonchev–Trinajstić information content (AvgIpc) is 2.81. The minimum atomic E-state index is -0.603. The van der Waals surface area contributed by atoms with Crippen molar-refractivity contribution in [2.45, 2.75) is 58.7 Å². The summed E-state index contributed by atoms with van der Waals surface area (Å²) in [7, 11) is 0. The Morgan fingerprint density at radius 3 is 2.21 bits per heavy atom. The van der Waals surface area contributed by atoms with Crippen molar-refractivity contribution in [2.24, 2.45) is 0 Å². The van der Waals surface area contributed by atoms with Gasteiger partial charge in [0.1, 0.15) is 6.04 Å². The number of rotatable bonds is 10. The highest BCUT2D eigenvalue weighted by molar-refractivity contribution is 9.10. The van der Waals surface area contributed by atoms with E-state index in [1.165, 1.54) is 5.56 Å². The summed E-state index contributed by atoms with van der Waals surface area (Å²) in [5.41, 5.74) is 4.32. The summed E-state index contributed by atoms with van der Waals surface area (Å²) in [6, 6.07) is 25.4. The largest absolute Gasteiger partial charge is 0.352 e. The standard InChI is InChI=1S/C29H33BrN2O2/c1-21(2)31-29(34)27(19-24-8-5-4-6-9-24)32(20-25-10-7-11-26(30)18-25)28(33)17-16-23-14-12-22(3)13-15-23/h4-15,18,21,27H,16-17,19-20H2,1-3H3,(H,31,34). The van der Waals surface area contributed by atoms with Crippen LogP contribution in [0.25, 0.3) is 0 Å². The van der Waals surface area contributed by atoms with Crippen LogP contribution in [0.3, 0.4) is 0 Å². The Bertz CT molecular complexity index is 1080. The van der Waals surface area contributed by atoms with Crippen molar-refractivity contribution in [1.82, 2.24) is 10.2 Å². The molecule has 3 rings (SSSR count). The highest BCUT2D eigenvalue weighted by atomic mass is 79.9. The van der Waals surface area contributed by atoms with Crippen molar-refractivity contribution < 1.29 is 9.59 Å². The number of hydrogen-bond acceptors (Lipinski definition) is 2. The van der Waals surface area contributed by atoms with Gasteiger partial charge in [-0.3, -0.25) is 9.59 Å². The second-order valence-corrected chi connectivity index (χ2v) is 9.92. The molecule has 0 fully saturated rings. The number of nitrogens with zero attached hydrogens (tertiary/aromatic N) is 1. The molecule has 1 unspecified atom stereocenters. The third-order valence-electron chi connectivity index (χ3n) is 5.69. The second kappa shape index (κ2) is 12.5. The molecule has 0 aliphatic heterocycles. The van der Waals surface area contributed by atoms with E-state index in [0.29, 0.717) is 25.8 Å². The molecule has 0 heterocycles. The molecule has 2 amide bonds. The molecule has 4 nitrogen and oxygen atoms in total. The molecule has 0 spiro atoms. The first-order valence-corrected chi connectivity index (χ1v) is 12.5. The number of amides is 2. The molecule has 0 saturated heterocycles. The quantitative estimate of drug-likeness (QED) is 0.364. The van der Waals surface area contributed by atoms with Crippen LogP contribution in [-0.2, 0) is 29.0 Å². The summed E-state index contributed by atoms with van der Waals surface area (Å²) in [6.07, 6.45) is 1.44. The fraction of sp³-hybridized carbons (Fsp3) is 0.310. The maximum Gasteiger partial charge on any atom is 0.243 e. The normalized spacial score (nSPS) is 11.8. The summed E-state index contributed by atoms with van der Waals surface area (Å²) in [5.74, 6) is -0.155. The van der Waals surface area contributed by atoms with Gasteiger partial charge in [-0.25, -0.2) is 0 Å². The third kappa shape index (κ3) is 7.84. The van der Waals surface area contributed by atoms with Crippen LogP contribution in [0.5, 0.6) is 0 Å². The predicted molar refractivity (Wildman–Crippen MR) is 141 cm³/mol. The number of carbonyl (C=O) groups excluding carboxylic acids is 2. The van der Waals surface area contributed by atoms with Gasteiger partial charge in [0.15, 0.2) is 0 Å². The highest BCUT2D eigenvalue weighted by Gasteiger charge is 2.30. The molecule has 0 bridgehead atoms. The van der Waals surface area contributed by atoms with Crippen LogP contribution in [0, 0.1) is 6.92 Å². The molecule has 34 heavy (non-hydrogen) atoms. The third-order valence-corrected chi connectivity index (χ3v) is 6.19. The molecule has 3 aromatic carbocycles. The van der Waals surface area contributed by atoms with Gasteiger partial charge in [-0.05, 0) is 56.0 Å². The first-order valence-electron chi connectivity index (χ1n) is 11.8. The molecule has 3 aromatic rings. The molecular formula is C29H33BrN2O2. The van der Waals surface area contributed by atoms with Gasteiger partial charge in [0.05, 0.1) is 0 Å². The maximum atomic E-state index is 13.6. The Kier molecular flexibility index (Phi) is 9.46. The van der Waals surface area contributed by atoms with E-state index in [-0.39, 0.29) is 17.9 Å². The number of halogens is 1. The second-order valence-electron chi connectivity index (χ2n) is 9.01. The number of carbonyl (C=O) groups is 2. The smallest absolute Gasteiger partial charge is 0.243 e. The first kappa shape index (κ1) is 25.7. The van der Waals surface area contributed by atoms with Gasteiger partial charge in [0, 0.05) is 29.9 Å². The van der Waals surface area contributed by atoms with Crippen molar-refractivity contribution in [3.8, 4) is 0 Å². The van der Waals surface area contributed by atoms with Crippen LogP contribution in [0.2, 0.25) is 0 Å². The van der Waals surface area contributed by atoms with Crippen LogP contribution >= 0.6 is 15.9 Å². The van der Waals surface area contributed by atoms with E-state index in [1.807, 2.05) is 68.4 Å². The van der Waals surface area contributed by atoms with E-state index in [4.69, 9.17) is 0 Å². The Labute approximate surface area is 211 Å². The molecule has 5 heteroatoms. The lowest BCUT2D eigenvalue weighted by atomic mass is 10.0. The lowest BCUT2D eigenvalue weighted by molar-refractivity contribution is -0.141. The van der Waals surface area contributed by atoms with Crippen LogP contribution in [-0.4, -0.2) is 28.8 Å². The molecule has 0 radical (unpaired) electrons. The Morgan fingerprint density at radius 1 is 0.882 bits per heavy atom. The molecule has 0 aliphatic carbocycles. The number of aryl methyl sites for hydroxylation is 2. The topological polar surface area (TPSA) is 49.4 Å². The van der Waals surface area contributed by atoms with Crippen LogP contribution < -0.4 is 5.32 Å². The fourth-order valence-electron chi connectivity index (χ4n) is 3.92. The Morgan fingerprint density at radius 2 is 1.56 bits per heavy atom. The van der Waals surface area contributed by atoms with Crippen LogP contribution in [0.4, 0.5) is 0 Å². The van der Waals surface area contributed by atoms with Gasteiger partial charge >= 0.3 is 0 Å². The van der Waals surface area contributed by atoms with Gasteiger partial charge in [-0.15, -0.1) is 0 Å². The van der Waals surface area contributed by atoms with E-state index in [0.717, 1.165) is 21.2 Å². The fourth-order valence-corrected chi connectivity index (χ4v) is 4.36. The zero-order valence-electron chi connectivity index (χ0n) is 20.1. The molecule has 1 atom stereocenters. The van der Waals surface area contributed by atoms with Gasteiger partial charge < -0.3 is 10.2 Å². The minimum Gasteiger partial charge on any atom is -0.352 e. The van der Waals surface area contributed by atoms with Crippen molar-refractivity contribution >= 4 is 27.7 Å². The maximum absolute atomic E-state index is 13.6. The highest BCUT2D eigenvalue weighted by Crippen LogP contribution is 2.19. The predicted octanol–water partition coefficient (Wildman–Crippen LogP) is 5.85. The lowest BCUT2D eigenvalue weighted by Gasteiger charge is -2.32. The van der Waals surface area contributed by atoms with E-state index in [2.05, 4.69) is 52.4 Å². The van der Waals surface area contributed by atoms with Crippen LogP contribution in [0.15, 0.2) is 83.3 Å². The number of nitrogens with one attached hydrogen (secondary N) is 1. The summed E-state index contributed by atoms with van der Waals surface area (Å²) < 4.78 is 0.947. The average molecular weight is 521 g/mol. The van der Waals surface area contributed by atoms with Gasteiger partial charge in [-0.2, -0.15) is 0 Å². The van der Waals surface area contributed by atoms with E-state index >= 15 is 0 Å². The minimum absolute atomic E-state index is 0.0128. The number of hydrogen-bond donors (Lipinski definition) is 1. The summed E-state index contributed by atoms with van der Waals surface area (Å²) >= 11 is 3.53. The van der Waals surface area contributed by atoms with Crippen LogP contribution in [0.1, 0.15) is 42.5 Å². The van der Waals surface area contributed by atoms with Crippen molar-refractivity contribution in [1.29, 1.82) is 0 Å². The van der Waals surface area contributed by atoms with Gasteiger partial charge in [0.25, 0.3) is 0 Å². The zero-order valence-corrected chi connectivity index (χ0v) is 21.7. The lowest BCUT2D eigenvalue weighted by Crippen LogP contribution is -2.51. The monoisotopic (exact) mass is 520 g/mol. The van der Waals surface area contributed by atoms with E-state index in [9.17, 15) is 9.59 Å². The Hall–Kier alpha value is -2.92. The molecular weight excluding hydrogens is 488 g/mol. The Balaban J connectivity index is 1.90. The SMILES string of the molecule is Cc1ccc(CCC(=O)N(Cc2cccc(Br)c2)C(Cc2ccccc2)C(=O)NC(C)C)cc1. The zero-order chi connectivity index (χ0) is 24.5. The summed E-state index contributed by atoms with van der Waals surface area (Å²) in [6.45, 7) is 6.30. The van der Waals surface area contributed by atoms with E-state index in [1.54, 1.807) is 4.90 Å². The van der Waals surface area contributed by atoms with Gasteiger partial charge in [-0.1, -0.05) is 88.2 Å². The molecule has 0 saturated carbocycles. The first-order chi connectivity index (χ1) is 16.3. The molecule has 1 N–H and O–H groups in total. The molecule has 0 aromatic heterocycles. The van der Waals surface area contributed by atoms with E-state index < -0.39 is 6.04 Å². The van der Waals surface area contributed by atoms with Gasteiger partial charge in [0.2, 0.25) is 11.8 Å².